The molecule has 2 amide bonds. The van der Waals surface area contributed by atoms with E-state index in [0.29, 0.717) is 29.8 Å². The van der Waals surface area contributed by atoms with Crippen LogP contribution in [-0.2, 0) is 17.6 Å². The minimum absolute atomic E-state index is 0.0240. The Labute approximate surface area is 240 Å². The number of fused-ring (bicyclic) bond motifs is 1. The molecule has 0 radical (unpaired) electrons. The third-order valence-corrected chi connectivity index (χ3v) is 7.23. The fourth-order valence-electron chi connectivity index (χ4n) is 4.59. The number of amides is 2. The lowest BCUT2D eigenvalue weighted by molar-refractivity contribution is -0.139. The summed E-state index contributed by atoms with van der Waals surface area (Å²) >= 11 is 12.2. The van der Waals surface area contributed by atoms with Crippen LogP contribution in [0.25, 0.3) is 0 Å². The maximum atomic E-state index is 13.3. The van der Waals surface area contributed by atoms with Gasteiger partial charge in [-0.05, 0) is 72.1 Å². The Bertz CT molecular complexity index is 1560. The van der Waals surface area contributed by atoms with Crippen molar-refractivity contribution in [3.8, 4) is 0 Å². The minimum Gasteiger partial charge on any atom is -0.480 e. The van der Waals surface area contributed by atoms with E-state index in [1.807, 2.05) is 36.4 Å². The second-order valence-electron chi connectivity index (χ2n) is 9.25. The molecule has 3 N–H and O–H groups in total. The number of nitrogens with one attached hydrogen (secondary N) is 2. The number of hydrogen-bond acceptors (Lipinski definition) is 5. The van der Waals surface area contributed by atoms with Gasteiger partial charge in [0.1, 0.15) is 11.9 Å². The van der Waals surface area contributed by atoms with Crippen molar-refractivity contribution in [3.63, 3.8) is 0 Å². The van der Waals surface area contributed by atoms with Gasteiger partial charge in [-0.3, -0.25) is 9.59 Å². The van der Waals surface area contributed by atoms with Crippen molar-refractivity contribution >= 4 is 58.2 Å². The molecule has 2 heterocycles. The molecule has 1 aliphatic rings. The van der Waals surface area contributed by atoms with E-state index in [-0.39, 0.29) is 27.9 Å². The van der Waals surface area contributed by atoms with Gasteiger partial charge in [-0.15, -0.1) is 0 Å². The summed E-state index contributed by atoms with van der Waals surface area (Å²) in [5.74, 6) is -1.25. The average molecular weight is 575 g/mol. The summed E-state index contributed by atoms with van der Waals surface area (Å²) in [4.78, 5) is 43.9. The van der Waals surface area contributed by atoms with Crippen LogP contribution in [0.2, 0.25) is 10.0 Å². The standard InChI is InChI=1S/C30H24Cl2N4O4/c31-23-4-3-5-24(32)27(23)28(37)35-25(30(39)40)16-18-7-10-21(11-8-18)36-15-13-19-17-20(9-12-22(19)29(36)38)34-26-6-1-2-14-33-26/h1-12,14,17,25H,13,15-16H2,(H,33,34)(H,35,37)(H,39,40)/t25-/m0/s1. The van der Waals surface area contributed by atoms with Crippen LogP contribution in [0.15, 0.2) is 85.1 Å². The van der Waals surface area contributed by atoms with Gasteiger partial charge < -0.3 is 20.6 Å². The van der Waals surface area contributed by atoms with Crippen LogP contribution >= 0.6 is 23.2 Å². The summed E-state index contributed by atoms with van der Waals surface area (Å²) in [5, 5.41) is 15.7. The SMILES string of the molecule is O=C(N[C@@H](Cc1ccc(N2CCc3cc(Nc4ccccn4)ccc3C2=O)cc1)C(=O)O)c1c(Cl)cccc1Cl. The highest BCUT2D eigenvalue weighted by Gasteiger charge is 2.27. The van der Waals surface area contributed by atoms with Crippen molar-refractivity contribution in [1.82, 2.24) is 10.3 Å². The summed E-state index contributed by atoms with van der Waals surface area (Å²) in [6, 6.07) is 21.7. The number of halogens is 2. The number of anilines is 3. The maximum absolute atomic E-state index is 13.3. The molecule has 5 rings (SSSR count). The Morgan fingerprint density at radius 2 is 1.73 bits per heavy atom. The second-order valence-corrected chi connectivity index (χ2v) is 10.1. The Hall–Kier alpha value is -4.40. The number of carboxylic acid groups (broad SMARTS) is 1. The highest BCUT2D eigenvalue weighted by atomic mass is 35.5. The molecule has 1 aliphatic heterocycles. The van der Waals surface area contributed by atoms with Gasteiger partial charge >= 0.3 is 5.97 Å². The van der Waals surface area contributed by atoms with E-state index in [1.54, 1.807) is 41.4 Å². The normalized spacial score (nSPS) is 13.3. The molecule has 1 atom stereocenters. The predicted octanol–water partition coefficient (Wildman–Crippen LogP) is 5.76. The van der Waals surface area contributed by atoms with Gasteiger partial charge in [0.05, 0.1) is 15.6 Å². The van der Waals surface area contributed by atoms with E-state index in [9.17, 15) is 19.5 Å². The smallest absolute Gasteiger partial charge is 0.326 e. The van der Waals surface area contributed by atoms with Crippen LogP contribution in [0.3, 0.4) is 0 Å². The van der Waals surface area contributed by atoms with Crippen LogP contribution in [0.4, 0.5) is 17.2 Å². The van der Waals surface area contributed by atoms with Gasteiger partial charge in [0.25, 0.3) is 11.8 Å². The van der Waals surface area contributed by atoms with Crippen LogP contribution in [0, 0.1) is 0 Å². The molecule has 0 spiro atoms. The largest absolute Gasteiger partial charge is 0.480 e. The molecule has 0 saturated carbocycles. The van der Waals surface area contributed by atoms with Gasteiger partial charge in [-0.25, -0.2) is 9.78 Å². The minimum atomic E-state index is -1.21. The molecular formula is C30H24Cl2N4O4. The number of carbonyl (C=O) groups is 3. The van der Waals surface area contributed by atoms with Crippen molar-refractivity contribution in [2.45, 2.75) is 18.9 Å². The lowest BCUT2D eigenvalue weighted by atomic mass is 9.97. The van der Waals surface area contributed by atoms with Crippen molar-refractivity contribution in [3.05, 3.63) is 117 Å². The number of hydrogen-bond donors (Lipinski definition) is 3. The van der Waals surface area contributed by atoms with Crippen molar-refractivity contribution in [2.75, 3.05) is 16.8 Å². The second kappa shape index (κ2) is 11.8. The quantitative estimate of drug-likeness (QED) is 0.246. The van der Waals surface area contributed by atoms with Gasteiger partial charge in [-0.2, -0.15) is 0 Å². The topological polar surface area (TPSA) is 112 Å². The molecule has 0 saturated heterocycles. The summed E-state index contributed by atoms with van der Waals surface area (Å²) in [5.41, 5.74) is 3.85. The van der Waals surface area contributed by atoms with E-state index in [0.717, 1.165) is 17.1 Å². The first-order valence-electron chi connectivity index (χ1n) is 12.5. The zero-order valence-corrected chi connectivity index (χ0v) is 22.6. The van der Waals surface area contributed by atoms with Gasteiger partial charge in [0.2, 0.25) is 0 Å². The fraction of sp³-hybridized carbons (Fsp3) is 0.133. The molecule has 10 heteroatoms. The molecule has 0 fully saturated rings. The lowest BCUT2D eigenvalue weighted by Crippen LogP contribution is -2.42. The van der Waals surface area contributed by atoms with Crippen LogP contribution < -0.4 is 15.5 Å². The van der Waals surface area contributed by atoms with Crippen molar-refractivity contribution in [1.29, 1.82) is 0 Å². The number of rotatable bonds is 8. The molecular weight excluding hydrogens is 551 g/mol. The number of carboxylic acids is 1. The highest BCUT2D eigenvalue weighted by Crippen LogP contribution is 2.28. The molecule has 3 aromatic carbocycles. The summed E-state index contributed by atoms with van der Waals surface area (Å²) in [6.07, 6.45) is 2.42. The average Bonchev–Trinajstić information content (AvgIpc) is 2.94. The molecule has 0 unspecified atom stereocenters. The summed E-state index contributed by atoms with van der Waals surface area (Å²) in [6.45, 7) is 0.505. The molecule has 4 aromatic rings. The molecule has 40 heavy (non-hydrogen) atoms. The van der Waals surface area contributed by atoms with Gasteiger partial charge in [-0.1, -0.05) is 47.5 Å². The van der Waals surface area contributed by atoms with Gasteiger partial charge in [0.15, 0.2) is 0 Å². The van der Waals surface area contributed by atoms with E-state index >= 15 is 0 Å². The number of nitrogens with zero attached hydrogens (tertiary/aromatic N) is 2. The highest BCUT2D eigenvalue weighted by molar-refractivity contribution is 6.39. The monoisotopic (exact) mass is 574 g/mol. The van der Waals surface area contributed by atoms with Crippen LogP contribution in [0.1, 0.15) is 31.8 Å². The van der Waals surface area contributed by atoms with Gasteiger partial charge in [0, 0.05) is 36.1 Å². The number of aliphatic carboxylic acids is 1. The molecule has 0 bridgehead atoms. The lowest BCUT2D eigenvalue weighted by Gasteiger charge is -2.29. The third kappa shape index (κ3) is 5.93. The van der Waals surface area contributed by atoms with E-state index in [1.165, 1.54) is 12.1 Å². The number of aromatic nitrogens is 1. The molecule has 1 aromatic heterocycles. The van der Waals surface area contributed by atoms with Crippen molar-refractivity contribution in [2.24, 2.45) is 0 Å². The Kier molecular flexibility index (Phi) is 8.00. The zero-order valence-electron chi connectivity index (χ0n) is 21.1. The Morgan fingerprint density at radius 3 is 2.40 bits per heavy atom. The predicted molar refractivity (Wildman–Crippen MR) is 155 cm³/mol. The zero-order chi connectivity index (χ0) is 28.2. The molecule has 8 nitrogen and oxygen atoms in total. The Morgan fingerprint density at radius 1 is 0.975 bits per heavy atom. The van der Waals surface area contributed by atoms with Crippen LogP contribution in [-0.4, -0.2) is 40.5 Å². The van der Waals surface area contributed by atoms with Crippen molar-refractivity contribution < 1.29 is 19.5 Å². The van der Waals surface area contributed by atoms with Crippen LogP contribution in [0.5, 0.6) is 0 Å². The third-order valence-electron chi connectivity index (χ3n) is 6.60. The maximum Gasteiger partial charge on any atom is 0.326 e. The fourth-order valence-corrected chi connectivity index (χ4v) is 5.16. The number of benzene rings is 3. The first kappa shape index (κ1) is 27.2. The molecule has 0 aliphatic carbocycles. The first-order valence-corrected chi connectivity index (χ1v) is 13.2. The summed E-state index contributed by atoms with van der Waals surface area (Å²) in [7, 11) is 0. The van der Waals surface area contributed by atoms with E-state index in [4.69, 9.17) is 23.2 Å². The molecule has 202 valence electrons. The number of pyridine rings is 1. The Balaban J connectivity index is 1.26. The summed E-state index contributed by atoms with van der Waals surface area (Å²) < 4.78 is 0. The first-order chi connectivity index (χ1) is 19.3. The van der Waals surface area contributed by atoms with E-state index < -0.39 is 17.9 Å². The number of carbonyl (C=O) groups excluding carboxylic acids is 2. The van der Waals surface area contributed by atoms with E-state index in [2.05, 4.69) is 15.6 Å².